The third-order valence-corrected chi connectivity index (χ3v) is 4.27. The van der Waals surface area contributed by atoms with Gasteiger partial charge in [0.2, 0.25) is 0 Å². The molecule has 0 aliphatic heterocycles. The molecule has 0 bridgehead atoms. The van der Waals surface area contributed by atoms with Crippen molar-refractivity contribution in [3.05, 3.63) is 69.9 Å². The molecular formula is C18H18ClNO. The molecule has 3 heteroatoms. The third kappa shape index (κ3) is 2.57. The van der Waals surface area contributed by atoms with Gasteiger partial charge in [0.25, 0.3) is 0 Å². The van der Waals surface area contributed by atoms with E-state index in [-0.39, 0.29) is 6.61 Å². The Morgan fingerprint density at radius 3 is 2.52 bits per heavy atom. The Labute approximate surface area is 129 Å². The van der Waals surface area contributed by atoms with E-state index < -0.39 is 0 Å². The molecule has 0 fully saturated rings. The summed E-state index contributed by atoms with van der Waals surface area (Å²) in [4.78, 5) is 0. The number of aromatic nitrogens is 1. The van der Waals surface area contributed by atoms with E-state index in [4.69, 9.17) is 11.6 Å². The van der Waals surface area contributed by atoms with Gasteiger partial charge < -0.3 is 9.67 Å². The van der Waals surface area contributed by atoms with Gasteiger partial charge in [0.1, 0.15) is 5.15 Å². The van der Waals surface area contributed by atoms with Crippen molar-refractivity contribution in [1.29, 1.82) is 0 Å². The van der Waals surface area contributed by atoms with E-state index in [9.17, 15) is 5.11 Å². The summed E-state index contributed by atoms with van der Waals surface area (Å²) in [7, 11) is 0. The van der Waals surface area contributed by atoms with Gasteiger partial charge in [-0.05, 0) is 31.0 Å². The van der Waals surface area contributed by atoms with Crippen LogP contribution < -0.4 is 0 Å². The number of aliphatic hydroxyl groups is 1. The van der Waals surface area contributed by atoms with Crippen molar-refractivity contribution >= 4 is 22.5 Å². The number of fused-ring (bicyclic) bond motifs is 1. The van der Waals surface area contributed by atoms with Crippen molar-refractivity contribution < 1.29 is 5.11 Å². The molecule has 0 aliphatic rings. The van der Waals surface area contributed by atoms with Gasteiger partial charge in [-0.3, -0.25) is 0 Å². The average Bonchev–Trinajstić information content (AvgIpc) is 2.71. The normalized spacial score (nSPS) is 11.2. The van der Waals surface area contributed by atoms with E-state index >= 15 is 0 Å². The maximum Gasteiger partial charge on any atom is 0.115 e. The second kappa shape index (κ2) is 5.55. The first-order chi connectivity index (χ1) is 10.1. The quantitative estimate of drug-likeness (QED) is 0.759. The van der Waals surface area contributed by atoms with Crippen LogP contribution in [0, 0.1) is 13.8 Å². The Hall–Kier alpha value is -1.77. The van der Waals surface area contributed by atoms with Gasteiger partial charge in [-0.15, -0.1) is 0 Å². The summed E-state index contributed by atoms with van der Waals surface area (Å²) >= 11 is 6.50. The lowest BCUT2D eigenvalue weighted by atomic mass is 10.1. The standard InChI is InChI=1S/C18H18ClNO/c1-12-4-3-5-14(8-12)10-20-17-9-13(2)6-7-15(17)16(11-21)18(20)19/h3-9,21H,10-11H2,1-2H3. The second-order valence-corrected chi connectivity index (χ2v) is 5.88. The van der Waals surface area contributed by atoms with Crippen LogP contribution in [0.4, 0.5) is 0 Å². The van der Waals surface area contributed by atoms with E-state index in [1.54, 1.807) is 0 Å². The van der Waals surface area contributed by atoms with Crippen LogP contribution in [0.5, 0.6) is 0 Å². The zero-order valence-corrected chi connectivity index (χ0v) is 13.0. The molecular weight excluding hydrogens is 282 g/mol. The molecule has 0 radical (unpaired) electrons. The molecule has 3 rings (SSSR count). The zero-order valence-electron chi connectivity index (χ0n) is 12.2. The fraction of sp³-hybridized carbons (Fsp3) is 0.222. The summed E-state index contributed by atoms with van der Waals surface area (Å²) in [5.74, 6) is 0. The molecule has 0 unspecified atom stereocenters. The predicted molar refractivity (Wildman–Crippen MR) is 87.9 cm³/mol. The topological polar surface area (TPSA) is 25.2 Å². The number of halogens is 1. The molecule has 2 nitrogen and oxygen atoms in total. The van der Waals surface area contributed by atoms with Crippen molar-refractivity contribution in [1.82, 2.24) is 4.57 Å². The lowest BCUT2D eigenvalue weighted by Crippen LogP contribution is -2.00. The predicted octanol–water partition coefficient (Wildman–Crippen LogP) is 4.45. The maximum absolute atomic E-state index is 9.61. The lowest BCUT2D eigenvalue weighted by molar-refractivity contribution is 0.283. The van der Waals surface area contributed by atoms with Gasteiger partial charge in [0.15, 0.2) is 0 Å². The Morgan fingerprint density at radius 2 is 1.81 bits per heavy atom. The smallest absolute Gasteiger partial charge is 0.115 e. The van der Waals surface area contributed by atoms with Crippen molar-refractivity contribution in [2.45, 2.75) is 27.0 Å². The fourth-order valence-corrected chi connectivity index (χ4v) is 3.11. The molecule has 2 aromatic carbocycles. The molecule has 0 saturated heterocycles. The van der Waals surface area contributed by atoms with E-state index in [1.807, 2.05) is 6.07 Å². The number of rotatable bonds is 3. The van der Waals surface area contributed by atoms with Crippen LogP contribution in [-0.2, 0) is 13.2 Å². The van der Waals surface area contributed by atoms with E-state index in [0.717, 1.165) is 16.5 Å². The minimum atomic E-state index is -0.0424. The largest absolute Gasteiger partial charge is 0.392 e. The van der Waals surface area contributed by atoms with Crippen LogP contribution in [0.25, 0.3) is 10.9 Å². The summed E-state index contributed by atoms with van der Waals surface area (Å²) < 4.78 is 2.07. The average molecular weight is 300 g/mol. The molecule has 21 heavy (non-hydrogen) atoms. The van der Waals surface area contributed by atoms with E-state index in [2.05, 4.69) is 54.8 Å². The molecule has 0 saturated carbocycles. The first-order valence-electron chi connectivity index (χ1n) is 7.04. The van der Waals surface area contributed by atoms with Crippen LogP contribution >= 0.6 is 11.6 Å². The molecule has 108 valence electrons. The molecule has 1 N–H and O–H groups in total. The second-order valence-electron chi connectivity index (χ2n) is 5.52. The summed E-state index contributed by atoms with van der Waals surface area (Å²) in [6.45, 7) is 4.82. The Balaban J connectivity index is 2.17. The highest BCUT2D eigenvalue weighted by Crippen LogP contribution is 2.31. The zero-order chi connectivity index (χ0) is 15.0. The van der Waals surface area contributed by atoms with Gasteiger partial charge in [0.05, 0.1) is 12.1 Å². The highest BCUT2D eigenvalue weighted by Gasteiger charge is 2.15. The monoisotopic (exact) mass is 299 g/mol. The number of benzene rings is 2. The number of aliphatic hydroxyl groups excluding tert-OH is 1. The Bertz CT molecular complexity index is 804. The van der Waals surface area contributed by atoms with Gasteiger partial charge in [-0.25, -0.2) is 0 Å². The molecule has 1 aromatic heterocycles. The number of hydrogen-bond donors (Lipinski definition) is 1. The van der Waals surface area contributed by atoms with Crippen LogP contribution in [0.3, 0.4) is 0 Å². The molecule has 3 aromatic rings. The van der Waals surface area contributed by atoms with Crippen LogP contribution in [-0.4, -0.2) is 9.67 Å². The van der Waals surface area contributed by atoms with Crippen LogP contribution in [0.2, 0.25) is 5.15 Å². The number of nitrogens with zero attached hydrogens (tertiary/aromatic N) is 1. The van der Waals surface area contributed by atoms with Crippen LogP contribution in [0.15, 0.2) is 42.5 Å². The van der Waals surface area contributed by atoms with Gasteiger partial charge in [-0.2, -0.15) is 0 Å². The summed E-state index contributed by atoms with van der Waals surface area (Å²) in [6.07, 6.45) is 0. The maximum atomic E-state index is 9.61. The Kier molecular flexibility index (Phi) is 3.75. The highest BCUT2D eigenvalue weighted by molar-refractivity contribution is 6.32. The minimum Gasteiger partial charge on any atom is -0.392 e. The van der Waals surface area contributed by atoms with Gasteiger partial charge in [-0.1, -0.05) is 53.6 Å². The van der Waals surface area contributed by atoms with Gasteiger partial charge >= 0.3 is 0 Å². The molecule has 0 aliphatic carbocycles. The van der Waals surface area contributed by atoms with E-state index in [1.165, 1.54) is 16.7 Å². The van der Waals surface area contributed by atoms with Crippen molar-refractivity contribution in [2.24, 2.45) is 0 Å². The highest BCUT2D eigenvalue weighted by atomic mass is 35.5. The van der Waals surface area contributed by atoms with Crippen molar-refractivity contribution in [2.75, 3.05) is 0 Å². The van der Waals surface area contributed by atoms with Crippen molar-refractivity contribution in [3.8, 4) is 0 Å². The number of aryl methyl sites for hydroxylation is 2. The first-order valence-corrected chi connectivity index (χ1v) is 7.41. The molecule has 1 heterocycles. The third-order valence-electron chi connectivity index (χ3n) is 3.84. The summed E-state index contributed by atoms with van der Waals surface area (Å²) in [5.41, 5.74) is 5.51. The Morgan fingerprint density at radius 1 is 1.05 bits per heavy atom. The van der Waals surface area contributed by atoms with E-state index in [0.29, 0.717) is 11.7 Å². The van der Waals surface area contributed by atoms with Gasteiger partial charge in [0, 0.05) is 17.5 Å². The SMILES string of the molecule is Cc1cccc(Cn2c(Cl)c(CO)c3ccc(C)cc32)c1. The molecule has 0 atom stereocenters. The fourth-order valence-electron chi connectivity index (χ4n) is 2.80. The number of hydrogen-bond acceptors (Lipinski definition) is 1. The molecule has 0 spiro atoms. The lowest BCUT2D eigenvalue weighted by Gasteiger charge is -2.09. The summed E-state index contributed by atoms with van der Waals surface area (Å²) in [6, 6.07) is 14.6. The minimum absolute atomic E-state index is 0.0424. The molecule has 0 amide bonds. The van der Waals surface area contributed by atoms with Crippen LogP contribution in [0.1, 0.15) is 22.3 Å². The van der Waals surface area contributed by atoms with Crippen molar-refractivity contribution in [3.63, 3.8) is 0 Å². The first kappa shape index (κ1) is 14.2. The summed E-state index contributed by atoms with van der Waals surface area (Å²) in [5, 5.41) is 11.3.